The highest BCUT2D eigenvalue weighted by Crippen LogP contribution is 2.37. The van der Waals surface area contributed by atoms with Crippen molar-refractivity contribution in [2.75, 3.05) is 36.0 Å². The molecule has 2 aliphatic carbocycles. The molecule has 0 saturated carbocycles. The van der Waals surface area contributed by atoms with E-state index in [2.05, 4.69) is 96.4 Å². The van der Waals surface area contributed by atoms with Gasteiger partial charge in [0.15, 0.2) is 24.5 Å². The largest absolute Gasteiger partial charge is 0.744 e. The van der Waals surface area contributed by atoms with E-state index in [0.29, 0.717) is 60.6 Å². The first-order valence-corrected chi connectivity index (χ1v) is 37.0. The topological polar surface area (TPSA) is 262 Å². The molecule has 8 aromatic rings. The highest BCUT2D eigenvalue weighted by molar-refractivity contribution is 7.86. The number of hydrogen-bond acceptors (Lipinski definition) is 15. The van der Waals surface area contributed by atoms with Crippen molar-refractivity contribution in [1.29, 1.82) is 0 Å². The molecule has 0 saturated heterocycles. The van der Waals surface area contributed by atoms with Gasteiger partial charge in [-0.1, -0.05) is 108 Å². The van der Waals surface area contributed by atoms with Crippen LogP contribution in [-0.4, -0.2) is 104 Å². The van der Waals surface area contributed by atoms with Gasteiger partial charge in [0.2, 0.25) is 0 Å². The van der Waals surface area contributed by atoms with E-state index >= 15 is 0 Å². The number of allylic oxidation sites excluding steroid dienone is 10. The van der Waals surface area contributed by atoms with Crippen LogP contribution in [0.2, 0.25) is 0 Å². The van der Waals surface area contributed by atoms with E-state index in [1.807, 2.05) is 110 Å². The Morgan fingerprint density at radius 3 is 1.13 bits per heavy atom. The maximum atomic E-state index is 12.4. The summed E-state index contributed by atoms with van der Waals surface area (Å²) in [5.41, 5.74) is 15.2. The molecule has 0 atom stereocenters. The number of hydrogen-bond donors (Lipinski definition) is 1. The number of anilines is 2. The molecular weight excluding hydrogens is 1310 g/mol. The first-order chi connectivity index (χ1) is 46.1. The number of aryl methyl sites for hydroxylation is 2. The molecule has 0 aliphatic heterocycles. The first-order valence-electron chi connectivity index (χ1n) is 31.3. The van der Waals surface area contributed by atoms with Crippen LogP contribution in [0.15, 0.2) is 267 Å². The highest BCUT2D eigenvalue weighted by Gasteiger charge is 2.23. The van der Waals surface area contributed by atoms with Gasteiger partial charge in [-0.3, -0.25) is 0 Å². The number of rotatable bonds is 22. The Kier molecular flexibility index (Phi) is 23.1. The molecule has 0 unspecified atom stereocenters. The maximum Gasteiger partial charge on any atom is 0.200 e. The summed E-state index contributed by atoms with van der Waals surface area (Å²) >= 11 is 0. The molecule has 2 aliphatic rings. The van der Waals surface area contributed by atoms with Crippen LogP contribution >= 0.6 is 0 Å². The summed E-state index contributed by atoms with van der Waals surface area (Å²) in [5, 5.41) is 10.1. The van der Waals surface area contributed by atoms with Crippen molar-refractivity contribution in [3.8, 4) is 5.75 Å². The summed E-state index contributed by atoms with van der Waals surface area (Å²) in [5.74, 6) is -0.342. The summed E-state index contributed by atoms with van der Waals surface area (Å²) in [6.45, 7) is 17.3. The van der Waals surface area contributed by atoms with Crippen LogP contribution in [0.4, 0.5) is 11.4 Å². The minimum Gasteiger partial charge on any atom is -0.744 e. The van der Waals surface area contributed by atoms with Gasteiger partial charge >= 0.3 is 0 Å². The Morgan fingerprint density at radius 1 is 0.392 bits per heavy atom. The summed E-state index contributed by atoms with van der Waals surface area (Å²) in [6.07, 6.45) is 16.0. The molecule has 0 amide bonds. The zero-order valence-corrected chi connectivity index (χ0v) is 57.7. The van der Waals surface area contributed by atoms with E-state index < -0.39 is 45.4 Å². The fourth-order valence-electron chi connectivity index (χ4n) is 11.7. The number of aromatic hydroxyl groups is 1. The van der Waals surface area contributed by atoms with Crippen LogP contribution in [0.1, 0.15) is 83.3 Å². The lowest BCUT2D eigenvalue weighted by Crippen LogP contribution is -2.22. The third-order valence-corrected chi connectivity index (χ3v) is 20.0. The maximum absolute atomic E-state index is 12.4. The predicted octanol–water partition coefficient (Wildman–Crippen LogP) is 12.6. The minimum atomic E-state index is -4.97. The van der Waals surface area contributed by atoms with Gasteiger partial charge in [-0.05, 0) is 207 Å². The Labute approximate surface area is 569 Å². The van der Waals surface area contributed by atoms with E-state index in [1.165, 1.54) is 76.9 Å². The second-order valence-corrected chi connectivity index (χ2v) is 28.8. The van der Waals surface area contributed by atoms with Gasteiger partial charge in [-0.25, -0.2) is 42.8 Å². The van der Waals surface area contributed by atoms with Gasteiger partial charge in [-0.15, -0.1) is 0 Å². The van der Waals surface area contributed by atoms with Crippen molar-refractivity contribution in [3.63, 3.8) is 0 Å². The van der Waals surface area contributed by atoms with Gasteiger partial charge in [0.25, 0.3) is 0 Å². The third-order valence-electron chi connectivity index (χ3n) is 16.6. The summed E-state index contributed by atoms with van der Waals surface area (Å²) in [7, 11) is -18.7. The molecule has 8 aromatic carbocycles. The van der Waals surface area contributed by atoms with E-state index in [9.17, 15) is 57.0 Å². The molecule has 0 bridgehead atoms. The number of phenols is 1. The summed E-state index contributed by atoms with van der Waals surface area (Å²) in [4.78, 5) is 2.68. The number of benzene rings is 8. The molecule has 502 valence electrons. The smallest absolute Gasteiger partial charge is 0.200 e. The highest BCUT2D eigenvalue weighted by atomic mass is 32.2. The number of phenolic OH excluding ortho intramolecular Hbond substituents is 1. The second-order valence-electron chi connectivity index (χ2n) is 23.3. The van der Waals surface area contributed by atoms with Crippen LogP contribution in [0, 0.1) is 13.8 Å². The molecular formula is C76H74N4O13S4-2. The quantitative estimate of drug-likeness (QED) is 0.0488. The Bertz CT molecular complexity index is 4960. The second kappa shape index (κ2) is 31.2. The zero-order valence-electron chi connectivity index (χ0n) is 54.4. The Morgan fingerprint density at radius 2 is 0.763 bits per heavy atom. The van der Waals surface area contributed by atoms with Crippen LogP contribution < -0.4 is 9.80 Å². The SMILES string of the molecule is CCN(Cc1cccc(S(=O)(=O)[O-])c1)c1ccc(C(=C2C=CC(=[N+](CC)Cc3cccc(C)c3)C=C2)c2ccc(O)cc2S(=O)(=O)[O-])cc1.CCN(Cc1cccc(S(=O)(=O)[O-])c1)c1ccc(C(=C2C=CC(=[N+](CC)Cc3cccc(C)c3)C=C2)c2ccc(S(=O)(=O)[O-])cc2)cc1. The molecule has 0 heterocycles. The van der Waals surface area contributed by atoms with Gasteiger partial charge in [-0.2, -0.15) is 0 Å². The van der Waals surface area contributed by atoms with Gasteiger partial charge in [0.05, 0.1) is 19.6 Å². The lowest BCUT2D eigenvalue weighted by atomic mass is 9.90. The molecule has 1 N–H and O–H groups in total. The molecule has 21 heteroatoms. The van der Waals surface area contributed by atoms with Crippen LogP contribution in [-0.2, 0) is 66.7 Å². The summed E-state index contributed by atoms with van der Waals surface area (Å²) in [6, 6.07) is 53.7. The van der Waals surface area contributed by atoms with Gasteiger partial charge < -0.3 is 33.1 Å². The minimum absolute atomic E-state index is 0.156. The fraction of sp³-hybridized carbons (Fsp3) is 0.184. The van der Waals surface area contributed by atoms with Gasteiger partial charge in [0, 0.05) is 78.5 Å². The molecule has 0 radical (unpaired) electrons. The fourth-order valence-corrected chi connectivity index (χ4v) is 13.9. The van der Waals surface area contributed by atoms with Crippen molar-refractivity contribution in [3.05, 3.63) is 303 Å². The molecule has 17 nitrogen and oxygen atoms in total. The lowest BCUT2D eigenvalue weighted by Gasteiger charge is -2.25. The lowest BCUT2D eigenvalue weighted by molar-refractivity contribution is -0.539. The van der Waals surface area contributed by atoms with Crippen molar-refractivity contribution in [1.82, 2.24) is 0 Å². The first kappa shape index (κ1) is 71.9. The van der Waals surface area contributed by atoms with Crippen LogP contribution in [0.3, 0.4) is 0 Å². The molecule has 97 heavy (non-hydrogen) atoms. The van der Waals surface area contributed by atoms with E-state index in [0.717, 1.165) is 70.8 Å². The molecule has 10 rings (SSSR count). The molecule has 0 fully saturated rings. The monoisotopic (exact) mass is 1380 g/mol. The van der Waals surface area contributed by atoms with Crippen molar-refractivity contribution in [2.45, 2.75) is 87.3 Å². The van der Waals surface area contributed by atoms with Gasteiger partial charge in [0.1, 0.15) is 59.3 Å². The van der Waals surface area contributed by atoms with Crippen LogP contribution in [0.25, 0.3) is 11.1 Å². The average molecular weight is 1380 g/mol. The third kappa shape index (κ3) is 18.8. The summed E-state index contributed by atoms with van der Waals surface area (Å²) < 4.78 is 146. The molecule has 0 spiro atoms. The molecule has 0 aromatic heterocycles. The van der Waals surface area contributed by atoms with E-state index in [-0.39, 0.29) is 26.0 Å². The Hall–Kier alpha value is -9.42. The Balaban J connectivity index is 0.000000227. The standard InChI is InChI=1S/C38H38N2O7S2.C38H38N2O6S2/c1-4-39(25-28-9-6-8-27(3)22-28)32-16-12-30(13-17-32)38(36-21-20-34(41)24-37(36)49(45,46)47)31-14-18-33(19-15-31)40(5-2)26-29-10-7-11-35(23-29)48(42,43)44;1-4-39(26-29-9-6-8-28(3)24-29)34-18-12-31(13-19-34)38(33-16-22-36(23-17-33)47(41,42)43)32-14-20-35(21-15-32)40(5-2)27-30-10-7-11-37(25-30)48(44,45)46/h6-24H,4-5,25-26H2,1-3H3,(H2,42,43,44,45,46,47);6-25H,4-5,26-27H2,1-3H3,(H-,41,42,43,44,45,46)/p-2. The van der Waals surface area contributed by atoms with Crippen molar-refractivity contribution >= 4 is 74.4 Å². The van der Waals surface area contributed by atoms with E-state index in [4.69, 9.17) is 0 Å². The van der Waals surface area contributed by atoms with Crippen molar-refractivity contribution < 1.29 is 66.1 Å². The van der Waals surface area contributed by atoms with E-state index in [1.54, 1.807) is 30.3 Å². The number of nitrogens with zero attached hydrogens (tertiary/aromatic N) is 4. The average Bonchev–Trinajstić information content (AvgIpc) is 0.789. The van der Waals surface area contributed by atoms with Crippen LogP contribution in [0.5, 0.6) is 5.75 Å². The zero-order chi connectivity index (χ0) is 69.8. The normalized spacial score (nSPS) is 13.1. The van der Waals surface area contributed by atoms with Crippen molar-refractivity contribution in [2.24, 2.45) is 0 Å². The predicted molar refractivity (Wildman–Crippen MR) is 376 cm³/mol.